The normalized spacial score (nSPS) is 13.4. The minimum absolute atomic E-state index is 0.261. The van der Waals surface area contributed by atoms with Gasteiger partial charge in [0.2, 0.25) is 5.91 Å². The van der Waals surface area contributed by atoms with Gasteiger partial charge in [-0.3, -0.25) is 4.79 Å². The van der Waals surface area contributed by atoms with Crippen molar-refractivity contribution in [3.8, 4) is 0 Å². The van der Waals surface area contributed by atoms with Gasteiger partial charge in [0, 0.05) is 6.54 Å². The zero-order valence-corrected chi connectivity index (χ0v) is 12.3. The molecule has 0 aliphatic carbocycles. The summed E-state index contributed by atoms with van der Waals surface area (Å²) in [5.74, 6) is -0.690. The number of carbonyl (C=O) groups is 1. The number of benzene rings is 1. The quantitative estimate of drug-likeness (QED) is 0.897. The van der Waals surface area contributed by atoms with Crippen LogP contribution in [0.2, 0.25) is 0 Å². The zero-order valence-electron chi connectivity index (χ0n) is 10.8. The Bertz CT molecular complexity index is 443. The van der Waals surface area contributed by atoms with Crippen LogP contribution in [0.15, 0.2) is 22.7 Å². The average Bonchev–Trinajstić information content (AvgIpc) is 2.21. The monoisotopic (exact) mass is 316 g/mol. The van der Waals surface area contributed by atoms with E-state index in [0.29, 0.717) is 11.0 Å². The lowest BCUT2D eigenvalue weighted by molar-refractivity contribution is -0.122. The molecule has 0 saturated heterocycles. The number of nitrogens with two attached hydrogens (primary N) is 1. The summed E-state index contributed by atoms with van der Waals surface area (Å²) >= 11 is 3.13. The van der Waals surface area contributed by atoms with E-state index in [1.54, 1.807) is 12.1 Å². The van der Waals surface area contributed by atoms with Crippen molar-refractivity contribution in [1.82, 2.24) is 5.32 Å². The molecule has 3 nitrogen and oxygen atoms in total. The van der Waals surface area contributed by atoms with Gasteiger partial charge in [-0.05, 0) is 39.0 Å². The van der Waals surface area contributed by atoms with Crippen LogP contribution < -0.4 is 11.1 Å². The minimum atomic E-state index is -0.429. The van der Waals surface area contributed by atoms with Gasteiger partial charge < -0.3 is 11.1 Å². The van der Waals surface area contributed by atoms with Crippen LogP contribution in [0.25, 0.3) is 0 Å². The van der Waals surface area contributed by atoms with E-state index in [1.807, 2.05) is 20.8 Å². The third-order valence-corrected chi connectivity index (χ3v) is 3.25. The van der Waals surface area contributed by atoms with Crippen LogP contribution in [0.4, 0.5) is 4.39 Å². The van der Waals surface area contributed by atoms with E-state index in [4.69, 9.17) is 5.73 Å². The number of hydrogen-bond donors (Lipinski definition) is 2. The molecule has 0 radical (unpaired) electrons. The highest BCUT2D eigenvalue weighted by molar-refractivity contribution is 9.10. The van der Waals surface area contributed by atoms with Crippen molar-refractivity contribution in [2.45, 2.75) is 33.4 Å². The SMILES string of the molecule is CC(C)(C)C(NCc1ccc(F)c(Br)c1)C(N)=O. The molecule has 0 fully saturated rings. The van der Waals surface area contributed by atoms with Gasteiger partial charge in [-0.1, -0.05) is 26.8 Å². The fourth-order valence-electron chi connectivity index (χ4n) is 1.70. The topological polar surface area (TPSA) is 55.1 Å². The maximum Gasteiger partial charge on any atom is 0.235 e. The highest BCUT2D eigenvalue weighted by Crippen LogP contribution is 2.20. The molecule has 5 heteroatoms. The third-order valence-electron chi connectivity index (χ3n) is 2.64. The van der Waals surface area contributed by atoms with Crippen molar-refractivity contribution in [3.63, 3.8) is 0 Å². The van der Waals surface area contributed by atoms with Crippen LogP contribution in [0.3, 0.4) is 0 Å². The highest BCUT2D eigenvalue weighted by Gasteiger charge is 2.28. The Hall–Kier alpha value is -0.940. The van der Waals surface area contributed by atoms with Gasteiger partial charge in [0.05, 0.1) is 10.5 Å². The zero-order chi connectivity index (χ0) is 13.9. The first-order chi connectivity index (χ1) is 8.21. The molecule has 100 valence electrons. The summed E-state index contributed by atoms with van der Waals surface area (Å²) in [6, 6.07) is 4.32. The molecule has 1 amide bonds. The van der Waals surface area contributed by atoms with Gasteiger partial charge in [0.25, 0.3) is 0 Å². The number of hydrogen-bond acceptors (Lipinski definition) is 2. The van der Waals surface area contributed by atoms with Crippen LogP contribution >= 0.6 is 15.9 Å². The van der Waals surface area contributed by atoms with Crippen molar-refractivity contribution < 1.29 is 9.18 Å². The molecular weight excluding hydrogens is 299 g/mol. The standard InChI is InChI=1S/C13H18BrFN2O/c1-13(2,3)11(12(16)18)17-7-8-4-5-10(15)9(14)6-8/h4-6,11,17H,7H2,1-3H3,(H2,16,18). The Labute approximate surface area is 115 Å². The minimum Gasteiger partial charge on any atom is -0.368 e. The summed E-state index contributed by atoms with van der Waals surface area (Å²) in [6.07, 6.45) is 0. The largest absolute Gasteiger partial charge is 0.368 e. The summed E-state index contributed by atoms with van der Waals surface area (Å²) in [5, 5.41) is 3.10. The van der Waals surface area contributed by atoms with Crippen molar-refractivity contribution in [2.24, 2.45) is 11.1 Å². The Kier molecular flexibility index (Phi) is 4.87. The molecule has 1 aromatic carbocycles. The summed E-state index contributed by atoms with van der Waals surface area (Å²) in [5.41, 5.74) is 6.00. The van der Waals surface area contributed by atoms with E-state index in [0.717, 1.165) is 5.56 Å². The molecule has 0 aliphatic heterocycles. The lowest BCUT2D eigenvalue weighted by Gasteiger charge is -2.28. The molecule has 18 heavy (non-hydrogen) atoms. The van der Waals surface area contributed by atoms with Gasteiger partial charge in [-0.25, -0.2) is 4.39 Å². The average molecular weight is 317 g/mol. The first-order valence-corrected chi connectivity index (χ1v) is 6.47. The van der Waals surface area contributed by atoms with Gasteiger partial charge >= 0.3 is 0 Å². The van der Waals surface area contributed by atoms with Crippen LogP contribution in [0, 0.1) is 11.2 Å². The van der Waals surface area contributed by atoms with E-state index >= 15 is 0 Å². The second-order valence-electron chi connectivity index (χ2n) is 5.33. The van der Waals surface area contributed by atoms with E-state index < -0.39 is 6.04 Å². The molecule has 0 aliphatic rings. The Balaban J connectivity index is 2.73. The van der Waals surface area contributed by atoms with E-state index in [9.17, 15) is 9.18 Å². The first kappa shape index (κ1) is 15.1. The predicted octanol–water partition coefficient (Wildman–Crippen LogP) is 2.58. The number of halogens is 2. The number of rotatable bonds is 4. The van der Waals surface area contributed by atoms with E-state index in [1.165, 1.54) is 6.07 Å². The Morgan fingerprint density at radius 2 is 2.11 bits per heavy atom. The lowest BCUT2D eigenvalue weighted by atomic mass is 9.86. The summed E-state index contributed by atoms with van der Waals surface area (Å²) in [6.45, 7) is 6.28. The fraction of sp³-hybridized carbons (Fsp3) is 0.462. The molecular formula is C13H18BrFN2O. The number of amides is 1. The van der Waals surface area contributed by atoms with Crippen molar-refractivity contribution in [2.75, 3.05) is 0 Å². The van der Waals surface area contributed by atoms with E-state index in [2.05, 4.69) is 21.2 Å². The predicted molar refractivity (Wildman–Crippen MR) is 73.4 cm³/mol. The van der Waals surface area contributed by atoms with Gasteiger partial charge in [-0.15, -0.1) is 0 Å². The molecule has 1 rings (SSSR count). The van der Waals surface area contributed by atoms with E-state index in [-0.39, 0.29) is 17.1 Å². The second-order valence-corrected chi connectivity index (χ2v) is 6.19. The molecule has 0 heterocycles. The smallest absolute Gasteiger partial charge is 0.235 e. The molecule has 0 aromatic heterocycles. The number of carbonyl (C=O) groups excluding carboxylic acids is 1. The van der Waals surface area contributed by atoms with Crippen molar-refractivity contribution in [3.05, 3.63) is 34.1 Å². The lowest BCUT2D eigenvalue weighted by Crippen LogP contribution is -2.49. The summed E-state index contributed by atoms with van der Waals surface area (Å²) in [4.78, 5) is 11.4. The van der Waals surface area contributed by atoms with Crippen molar-refractivity contribution >= 4 is 21.8 Å². The maximum atomic E-state index is 13.1. The van der Waals surface area contributed by atoms with Gasteiger partial charge in [0.15, 0.2) is 0 Å². The van der Waals surface area contributed by atoms with Crippen LogP contribution in [-0.2, 0) is 11.3 Å². The fourth-order valence-corrected chi connectivity index (χ4v) is 2.13. The first-order valence-electron chi connectivity index (χ1n) is 5.68. The van der Waals surface area contributed by atoms with Crippen LogP contribution in [0.1, 0.15) is 26.3 Å². The molecule has 0 saturated carbocycles. The molecule has 0 spiro atoms. The number of primary amides is 1. The third kappa shape index (κ3) is 4.07. The maximum absolute atomic E-state index is 13.1. The Morgan fingerprint density at radius 1 is 1.50 bits per heavy atom. The molecule has 1 unspecified atom stereocenters. The number of nitrogens with one attached hydrogen (secondary N) is 1. The molecule has 0 bridgehead atoms. The molecule has 1 atom stereocenters. The van der Waals surface area contributed by atoms with Gasteiger partial charge in [0.1, 0.15) is 5.82 Å². The summed E-state index contributed by atoms with van der Waals surface area (Å²) in [7, 11) is 0. The summed E-state index contributed by atoms with van der Waals surface area (Å²) < 4.78 is 13.5. The Morgan fingerprint density at radius 3 is 2.56 bits per heavy atom. The molecule has 3 N–H and O–H groups in total. The van der Waals surface area contributed by atoms with Crippen LogP contribution in [-0.4, -0.2) is 11.9 Å². The van der Waals surface area contributed by atoms with Crippen molar-refractivity contribution in [1.29, 1.82) is 0 Å². The molecule has 1 aromatic rings. The van der Waals surface area contributed by atoms with Gasteiger partial charge in [-0.2, -0.15) is 0 Å². The van der Waals surface area contributed by atoms with Crippen LogP contribution in [0.5, 0.6) is 0 Å². The second kappa shape index (κ2) is 5.80. The highest BCUT2D eigenvalue weighted by atomic mass is 79.9.